The van der Waals surface area contributed by atoms with Gasteiger partial charge in [0.25, 0.3) is 0 Å². The largest absolute Gasteiger partial charge is 0.507 e. The van der Waals surface area contributed by atoms with Crippen LogP contribution in [0.3, 0.4) is 0 Å². The molecule has 0 fully saturated rings. The van der Waals surface area contributed by atoms with E-state index in [1.54, 1.807) is 6.92 Å². The highest BCUT2D eigenvalue weighted by atomic mass is 16.5. The van der Waals surface area contributed by atoms with Crippen molar-refractivity contribution < 1.29 is 24.5 Å². The predicted molar refractivity (Wildman–Crippen MR) is 54.9 cm³/mol. The van der Waals surface area contributed by atoms with Gasteiger partial charge in [-0.05, 0) is 6.92 Å². The number of benzene rings is 1. The van der Waals surface area contributed by atoms with Crippen molar-refractivity contribution in [3.8, 4) is 17.2 Å². The lowest BCUT2D eigenvalue weighted by molar-refractivity contribution is 0.0293. The molecule has 1 atom stereocenters. The number of fused-ring (bicyclic) bond motifs is 1. The Kier molecular flexibility index (Phi) is 2.38. The second-order valence-corrected chi connectivity index (χ2v) is 3.72. The summed E-state index contributed by atoms with van der Waals surface area (Å²) >= 11 is 0. The number of cyclic esters (lactones) is 1. The smallest absolute Gasteiger partial charge is 0.342 e. The summed E-state index contributed by atoms with van der Waals surface area (Å²) < 4.78 is 9.87. The van der Waals surface area contributed by atoms with E-state index in [-0.39, 0.29) is 28.9 Å². The van der Waals surface area contributed by atoms with E-state index < -0.39 is 5.97 Å². The van der Waals surface area contributed by atoms with Gasteiger partial charge in [0, 0.05) is 18.1 Å². The molecular formula is C11H12O5. The lowest BCUT2D eigenvalue weighted by Crippen LogP contribution is -2.25. The third kappa shape index (κ3) is 1.44. The van der Waals surface area contributed by atoms with Gasteiger partial charge < -0.3 is 19.7 Å². The molecule has 5 heteroatoms. The second kappa shape index (κ2) is 3.59. The summed E-state index contributed by atoms with van der Waals surface area (Å²) in [6, 6.07) is 1.20. The zero-order valence-electron chi connectivity index (χ0n) is 8.98. The lowest BCUT2D eigenvalue weighted by Gasteiger charge is -2.23. The summed E-state index contributed by atoms with van der Waals surface area (Å²) in [5.41, 5.74) is 0.400. The van der Waals surface area contributed by atoms with Crippen LogP contribution >= 0.6 is 0 Å². The van der Waals surface area contributed by atoms with E-state index in [2.05, 4.69) is 0 Å². The van der Waals surface area contributed by atoms with Crippen LogP contribution in [0.2, 0.25) is 0 Å². The van der Waals surface area contributed by atoms with Gasteiger partial charge in [-0.3, -0.25) is 0 Å². The van der Waals surface area contributed by atoms with Gasteiger partial charge >= 0.3 is 5.97 Å². The van der Waals surface area contributed by atoms with E-state index in [1.165, 1.54) is 13.2 Å². The molecule has 0 aromatic heterocycles. The minimum Gasteiger partial charge on any atom is -0.507 e. The Labute approximate surface area is 92.2 Å². The number of hydrogen-bond acceptors (Lipinski definition) is 5. The van der Waals surface area contributed by atoms with Crippen LogP contribution < -0.4 is 4.74 Å². The molecule has 2 rings (SSSR count). The van der Waals surface area contributed by atoms with E-state index in [1.807, 2.05) is 0 Å². The third-order valence-electron chi connectivity index (χ3n) is 2.57. The zero-order valence-corrected chi connectivity index (χ0v) is 8.98. The Balaban J connectivity index is 2.66. The second-order valence-electron chi connectivity index (χ2n) is 3.72. The number of aromatic hydroxyl groups is 2. The van der Waals surface area contributed by atoms with Crippen LogP contribution in [-0.2, 0) is 11.2 Å². The van der Waals surface area contributed by atoms with Crippen molar-refractivity contribution in [1.82, 2.24) is 0 Å². The molecule has 0 unspecified atom stereocenters. The minimum absolute atomic E-state index is 0.0244. The van der Waals surface area contributed by atoms with Gasteiger partial charge in [-0.15, -0.1) is 0 Å². The Morgan fingerprint density at radius 1 is 1.50 bits per heavy atom. The molecule has 1 aliphatic heterocycles. The Morgan fingerprint density at radius 3 is 2.81 bits per heavy atom. The standard InChI is InChI=1S/C11H12O5/c1-5-3-6-9(11(14)16-5)7(12)4-8(15-2)10(6)13/h4-5,12-13H,3H2,1-2H3/t5-/m1/s1. The highest BCUT2D eigenvalue weighted by Crippen LogP contribution is 2.41. The number of carbonyl (C=O) groups is 1. The van der Waals surface area contributed by atoms with Crippen LogP contribution in [0.1, 0.15) is 22.8 Å². The molecule has 86 valence electrons. The van der Waals surface area contributed by atoms with Crippen molar-refractivity contribution in [2.45, 2.75) is 19.4 Å². The van der Waals surface area contributed by atoms with Gasteiger partial charge in [-0.2, -0.15) is 0 Å². The number of ether oxygens (including phenoxy) is 2. The fraction of sp³-hybridized carbons (Fsp3) is 0.364. The summed E-state index contributed by atoms with van der Waals surface area (Å²) in [5, 5.41) is 19.5. The first kappa shape index (κ1) is 10.6. The molecule has 5 nitrogen and oxygen atoms in total. The highest BCUT2D eigenvalue weighted by Gasteiger charge is 2.31. The van der Waals surface area contributed by atoms with Crippen LogP contribution in [0.5, 0.6) is 17.2 Å². The third-order valence-corrected chi connectivity index (χ3v) is 2.57. The number of carbonyl (C=O) groups excluding carboxylic acids is 1. The minimum atomic E-state index is -0.621. The van der Waals surface area contributed by atoms with Crippen LogP contribution in [0.25, 0.3) is 0 Å². The van der Waals surface area contributed by atoms with E-state index in [0.717, 1.165) is 0 Å². The topological polar surface area (TPSA) is 76.0 Å². The summed E-state index contributed by atoms with van der Waals surface area (Å²) in [4.78, 5) is 11.5. The summed E-state index contributed by atoms with van der Waals surface area (Å²) in [5.74, 6) is -0.817. The quantitative estimate of drug-likeness (QED) is 0.554. The lowest BCUT2D eigenvalue weighted by atomic mass is 9.96. The molecule has 1 aliphatic rings. The maximum absolute atomic E-state index is 11.5. The Hall–Kier alpha value is -1.91. The van der Waals surface area contributed by atoms with Crippen molar-refractivity contribution in [3.05, 3.63) is 17.2 Å². The number of rotatable bonds is 1. The van der Waals surface area contributed by atoms with Crippen LogP contribution in [-0.4, -0.2) is 29.4 Å². The number of hydrogen-bond donors (Lipinski definition) is 2. The molecule has 0 saturated carbocycles. The van der Waals surface area contributed by atoms with Crippen molar-refractivity contribution in [3.63, 3.8) is 0 Å². The van der Waals surface area contributed by atoms with Crippen molar-refractivity contribution in [2.75, 3.05) is 7.11 Å². The van der Waals surface area contributed by atoms with E-state index in [4.69, 9.17) is 9.47 Å². The normalized spacial score (nSPS) is 18.9. The van der Waals surface area contributed by atoms with Gasteiger partial charge in [0.2, 0.25) is 0 Å². The molecule has 0 spiro atoms. The summed E-state index contributed by atoms with van der Waals surface area (Å²) in [6.07, 6.45) is 0.0370. The fourth-order valence-electron chi connectivity index (χ4n) is 1.84. The summed E-state index contributed by atoms with van der Waals surface area (Å²) in [7, 11) is 1.38. The van der Waals surface area contributed by atoms with E-state index in [0.29, 0.717) is 12.0 Å². The van der Waals surface area contributed by atoms with Gasteiger partial charge in [0.15, 0.2) is 11.5 Å². The first-order valence-corrected chi connectivity index (χ1v) is 4.87. The molecule has 0 saturated heterocycles. The van der Waals surface area contributed by atoms with Gasteiger partial charge in [0.05, 0.1) is 7.11 Å². The van der Waals surface area contributed by atoms with Gasteiger partial charge in [0.1, 0.15) is 17.4 Å². The molecule has 0 bridgehead atoms. The molecular weight excluding hydrogens is 212 g/mol. The molecule has 0 radical (unpaired) electrons. The monoisotopic (exact) mass is 224 g/mol. The molecule has 0 aliphatic carbocycles. The van der Waals surface area contributed by atoms with Crippen molar-refractivity contribution in [2.24, 2.45) is 0 Å². The van der Waals surface area contributed by atoms with Crippen molar-refractivity contribution >= 4 is 5.97 Å². The van der Waals surface area contributed by atoms with Gasteiger partial charge in [-0.25, -0.2) is 4.79 Å². The average molecular weight is 224 g/mol. The molecule has 0 amide bonds. The fourth-order valence-corrected chi connectivity index (χ4v) is 1.84. The predicted octanol–water partition coefficient (Wildman–Crippen LogP) is 1.21. The van der Waals surface area contributed by atoms with Crippen LogP contribution in [0, 0.1) is 0 Å². The number of phenolic OH excluding ortho intramolecular Hbond substituents is 2. The van der Waals surface area contributed by atoms with Crippen molar-refractivity contribution in [1.29, 1.82) is 0 Å². The molecule has 1 aromatic carbocycles. The first-order valence-electron chi connectivity index (χ1n) is 4.87. The van der Waals surface area contributed by atoms with E-state index >= 15 is 0 Å². The zero-order chi connectivity index (χ0) is 11.9. The maximum Gasteiger partial charge on any atom is 0.342 e. The number of phenols is 2. The average Bonchev–Trinajstić information content (AvgIpc) is 2.22. The van der Waals surface area contributed by atoms with Gasteiger partial charge in [-0.1, -0.05) is 0 Å². The SMILES string of the molecule is COc1cc(O)c2c(c1O)C[C@@H](C)OC2=O. The molecule has 1 heterocycles. The molecule has 1 aromatic rings. The molecule has 16 heavy (non-hydrogen) atoms. The number of esters is 1. The van der Waals surface area contributed by atoms with Crippen LogP contribution in [0.4, 0.5) is 0 Å². The van der Waals surface area contributed by atoms with E-state index in [9.17, 15) is 15.0 Å². The Morgan fingerprint density at radius 2 is 2.19 bits per heavy atom. The number of methoxy groups -OCH3 is 1. The molecule has 2 N–H and O–H groups in total. The maximum atomic E-state index is 11.5. The highest BCUT2D eigenvalue weighted by molar-refractivity contribution is 5.96. The summed E-state index contributed by atoms with van der Waals surface area (Å²) in [6.45, 7) is 1.72. The van der Waals surface area contributed by atoms with Crippen LogP contribution in [0.15, 0.2) is 6.07 Å². The first-order chi connectivity index (χ1) is 7.54. The Bertz CT molecular complexity index is 452.